The van der Waals surface area contributed by atoms with E-state index in [1.165, 1.54) is 6.07 Å². The molecule has 0 aliphatic rings. The molecule has 0 radical (unpaired) electrons. The van der Waals surface area contributed by atoms with Crippen LogP contribution in [0.15, 0.2) is 71.6 Å². The molecule has 3 aromatic carbocycles. The number of aryl methyl sites for hydroxylation is 1. The van der Waals surface area contributed by atoms with Crippen LogP contribution in [0, 0.1) is 5.92 Å². The third-order valence-corrected chi connectivity index (χ3v) is 7.71. The number of rotatable bonds is 12. The number of nitrogens with one attached hydrogen (secondary N) is 2. The van der Waals surface area contributed by atoms with Gasteiger partial charge in [-0.1, -0.05) is 68.4 Å². The highest BCUT2D eigenvalue weighted by Gasteiger charge is 2.30. The molecule has 2 amide bonds. The molecule has 0 saturated carbocycles. The number of carbonyl (C=O) groups excluding carboxylic acids is 2. The van der Waals surface area contributed by atoms with Gasteiger partial charge in [-0.25, -0.2) is 8.42 Å². The van der Waals surface area contributed by atoms with Crippen molar-refractivity contribution < 1.29 is 18.0 Å². The van der Waals surface area contributed by atoms with E-state index < -0.39 is 33.9 Å². The van der Waals surface area contributed by atoms with Crippen LogP contribution in [0.2, 0.25) is 0 Å². The Morgan fingerprint density at radius 1 is 0.892 bits per heavy atom. The van der Waals surface area contributed by atoms with Crippen LogP contribution in [-0.2, 0) is 26.0 Å². The van der Waals surface area contributed by atoms with Crippen molar-refractivity contribution in [3.05, 3.63) is 72.3 Å². The molecule has 0 heterocycles. The number of amides is 2. The second kappa shape index (κ2) is 12.2. The number of anilines is 1. The van der Waals surface area contributed by atoms with E-state index >= 15 is 0 Å². The number of nitrogens with zero attached hydrogens (tertiary/aromatic N) is 1. The van der Waals surface area contributed by atoms with Crippen LogP contribution >= 0.6 is 0 Å². The van der Waals surface area contributed by atoms with E-state index in [0.717, 1.165) is 16.6 Å². The number of primary amides is 1. The summed E-state index contributed by atoms with van der Waals surface area (Å²) < 4.78 is 29.7. The Hall–Kier alpha value is -3.43. The van der Waals surface area contributed by atoms with Crippen molar-refractivity contribution in [3.8, 4) is 0 Å². The van der Waals surface area contributed by atoms with Gasteiger partial charge in [-0.3, -0.25) is 9.59 Å². The summed E-state index contributed by atoms with van der Waals surface area (Å²) in [5, 5.41) is 4.03. The Morgan fingerprint density at radius 2 is 1.54 bits per heavy atom. The smallest absolute Gasteiger partial charge is 0.241 e. The molecule has 198 valence electrons. The lowest BCUT2D eigenvalue weighted by Crippen LogP contribution is -2.53. The van der Waals surface area contributed by atoms with E-state index in [9.17, 15) is 18.0 Å². The SMILES string of the molecule is CC(C)C[C@H](NS(=O)(=O)c1cccc2c(N(C)C)cccc12)C(=O)N[C@@H](CCc1ccccc1)C(N)=O. The molecule has 0 aliphatic carbocycles. The first-order chi connectivity index (χ1) is 17.5. The molecule has 0 spiro atoms. The molecule has 2 atom stereocenters. The highest BCUT2D eigenvalue weighted by atomic mass is 32.2. The minimum Gasteiger partial charge on any atom is -0.377 e. The third kappa shape index (κ3) is 7.30. The lowest BCUT2D eigenvalue weighted by atomic mass is 10.0. The molecule has 4 N–H and O–H groups in total. The van der Waals surface area contributed by atoms with Crippen molar-refractivity contribution in [2.75, 3.05) is 19.0 Å². The van der Waals surface area contributed by atoms with E-state index in [-0.39, 0.29) is 17.2 Å². The number of nitrogens with two attached hydrogens (primary N) is 1. The van der Waals surface area contributed by atoms with Gasteiger partial charge in [0.15, 0.2) is 0 Å². The van der Waals surface area contributed by atoms with Gasteiger partial charge in [0.1, 0.15) is 12.1 Å². The number of fused-ring (bicyclic) bond motifs is 1. The molecule has 8 nitrogen and oxygen atoms in total. The van der Waals surface area contributed by atoms with Crippen LogP contribution in [0.25, 0.3) is 10.8 Å². The maximum Gasteiger partial charge on any atom is 0.241 e. The minimum atomic E-state index is -4.08. The molecule has 0 aliphatic heterocycles. The second-order valence-corrected chi connectivity index (χ2v) is 11.5. The summed E-state index contributed by atoms with van der Waals surface area (Å²) in [6, 6.07) is 18.1. The van der Waals surface area contributed by atoms with Crippen LogP contribution in [0.1, 0.15) is 32.3 Å². The molecule has 0 saturated heterocycles. The molecule has 3 aromatic rings. The lowest BCUT2D eigenvalue weighted by molar-refractivity contribution is -0.128. The van der Waals surface area contributed by atoms with Gasteiger partial charge in [0.2, 0.25) is 21.8 Å². The highest BCUT2D eigenvalue weighted by Crippen LogP contribution is 2.30. The molecule has 0 bridgehead atoms. The Labute approximate surface area is 219 Å². The fraction of sp³-hybridized carbons (Fsp3) is 0.357. The van der Waals surface area contributed by atoms with Crippen molar-refractivity contribution in [1.29, 1.82) is 0 Å². The van der Waals surface area contributed by atoms with Gasteiger partial charge in [0, 0.05) is 30.6 Å². The van der Waals surface area contributed by atoms with E-state index in [4.69, 9.17) is 5.73 Å². The summed E-state index contributed by atoms with van der Waals surface area (Å²) >= 11 is 0. The average molecular weight is 525 g/mol. The van der Waals surface area contributed by atoms with E-state index in [0.29, 0.717) is 18.2 Å². The summed E-state index contributed by atoms with van der Waals surface area (Å²) in [5.41, 5.74) is 7.47. The largest absolute Gasteiger partial charge is 0.377 e. The van der Waals surface area contributed by atoms with Crippen molar-refractivity contribution in [1.82, 2.24) is 10.0 Å². The molecular formula is C28H36N4O4S. The first-order valence-corrected chi connectivity index (χ1v) is 13.8. The summed E-state index contributed by atoms with van der Waals surface area (Å²) in [5.74, 6) is -1.23. The molecule has 37 heavy (non-hydrogen) atoms. The summed E-state index contributed by atoms with van der Waals surface area (Å²) in [7, 11) is -0.290. The van der Waals surface area contributed by atoms with Gasteiger partial charge in [0.25, 0.3) is 0 Å². The molecule has 9 heteroatoms. The number of sulfonamides is 1. The average Bonchev–Trinajstić information content (AvgIpc) is 2.85. The Bertz CT molecular complexity index is 1340. The van der Waals surface area contributed by atoms with Gasteiger partial charge in [-0.15, -0.1) is 0 Å². The molecule has 0 unspecified atom stereocenters. The maximum atomic E-state index is 13.6. The highest BCUT2D eigenvalue weighted by molar-refractivity contribution is 7.89. The van der Waals surface area contributed by atoms with Gasteiger partial charge >= 0.3 is 0 Å². The van der Waals surface area contributed by atoms with E-state index in [1.54, 1.807) is 18.2 Å². The van der Waals surface area contributed by atoms with Crippen LogP contribution in [-0.4, -0.2) is 46.4 Å². The number of hydrogen-bond donors (Lipinski definition) is 3. The van der Waals surface area contributed by atoms with E-state index in [1.807, 2.05) is 75.3 Å². The lowest BCUT2D eigenvalue weighted by Gasteiger charge is -2.24. The normalized spacial score (nSPS) is 13.3. The monoisotopic (exact) mass is 524 g/mol. The Balaban J connectivity index is 1.85. The predicted octanol–water partition coefficient (Wildman–Crippen LogP) is 3.20. The minimum absolute atomic E-state index is 0.0163. The maximum absolute atomic E-state index is 13.6. The Morgan fingerprint density at radius 3 is 2.16 bits per heavy atom. The zero-order valence-corrected chi connectivity index (χ0v) is 22.6. The van der Waals surface area contributed by atoms with Crippen LogP contribution in [0.4, 0.5) is 5.69 Å². The van der Waals surface area contributed by atoms with Gasteiger partial charge in [-0.2, -0.15) is 4.72 Å². The summed E-state index contributed by atoms with van der Waals surface area (Å²) in [6.07, 6.45) is 1.10. The molecule has 3 rings (SSSR count). The third-order valence-electron chi connectivity index (χ3n) is 6.18. The molecule has 0 aromatic heterocycles. The standard InChI is InChI=1S/C28H36N4O4S/c1-19(2)18-24(28(34)30-23(27(29)33)17-16-20-10-6-5-7-11-20)31-37(35,36)26-15-9-12-21-22(26)13-8-14-25(21)32(3)4/h5-15,19,23-24,31H,16-18H2,1-4H3,(H2,29,33)(H,30,34)/t23-,24-/m0/s1. The van der Waals surface area contributed by atoms with Gasteiger partial charge < -0.3 is 16.0 Å². The van der Waals surface area contributed by atoms with Crippen LogP contribution in [0.3, 0.4) is 0 Å². The number of hydrogen-bond acceptors (Lipinski definition) is 5. The fourth-order valence-electron chi connectivity index (χ4n) is 4.33. The van der Waals surface area contributed by atoms with Gasteiger partial charge in [0.05, 0.1) is 4.90 Å². The van der Waals surface area contributed by atoms with Gasteiger partial charge in [-0.05, 0) is 42.9 Å². The number of carbonyl (C=O) groups is 2. The molecular weight excluding hydrogens is 488 g/mol. The summed E-state index contributed by atoms with van der Waals surface area (Å²) in [4.78, 5) is 27.4. The quantitative estimate of drug-likeness (QED) is 0.336. The summed E-state index contributed by atoms with van der Waals surface area (Å²) in [6.45, 7) is 3.80. The van der Waals surface area contributed by atoms with Crippen molar-refractivity contribution in [2.24, 2.45) is 11.7 Å². The van der Waals surface area contributed by atoms with Crippen LogP contribution in [0.5, 0.6) is 0 Å². The van der Waals surface area contributed by atoms with Crippen molar-refractivity contribution >= 4 is 38.3 Å². The topological polar surface area (TPSA) is 122 Å². The second-order valence-electron chi connectivity index (χ2n) is 9.81. The first kappa shape index (κ1) is 28.1. The fourth-order valence-corrected chi connectivity index (χ4v) is 5.76. The zero-order chi connectivity index (χ0) is 27.2. The van der Waals surface area contributed by atoms with Crippen LogP contribution < -0.4 is 20.7 Å². The van der Waals surface area contributed by atoms with Crippen molar-refractivity contribution in [2.45, 2.75) is 50.1 Å². The van der Waals surface area contributed by atoms with Crippen molar-refractivity contribution in [3.63, 3.8) is 0 Å². The first-order valence-electron chi connectivity index (χ1n) is 12.3. The molecule has 0 fully saturated rings. The number of benzene rings is 3. The zero-order valence-electron chi connectivity index (χ0n) is 21.8. The predicted molar refractivity (Wildman–Crippen MR) is 148 cm³/mol. The van der Waals surface area contributed by atoms with E-state index in [2.05, 4.69) is 10.0 Å². The Kier molecular flexibility index (Phi) is 9.29.